The Morgan fingerprint density at radius 2 is 2.06 bits per heavy atom. The van der Waals surface area contributed by atoms with E-state index in [-0.39, 0.29) is 11.1 Å². The molecule has 82 valence electrons. The summed E-state index contributed by atoms with van der Waals surface area (Å²) >= 11 is 0. The van der Waals surface area contributed by atoms with Gasteiger partial charge in [-0.05, 0) is 43.0 Å². The smallest absolute Gasteiger partial charge is 0.335 e. The predicted octanol–water partition coefficient (Wildman–Crippen LogP) is 1.63. The predicted molar refractivity (Wildman–Crippen MR) is 55.9 cm³/mol. The van der Waals surface area contributed by atoms with E-state index in [1.165, 1.54) is 12.1 Å². The summed E-state index contributed by atoms with van der Waals surface area (Å²) in [6.45, 7) is 0. The molecule has 0 bridgehead atoms. The van der Waals surface area contributed by atoms with Crippen LogP contribution in [0.3, 0.4) is 0 Å². The number of hydrogen-bond acceptors (Lipinski definition) is 3. The molecule has 2 rings (SSSR count). The summed E-state index contributed by atoms with van der Waals surface area (Å²) in [7, 11) is 0. The zero-order valence-corrected chi connectivity index (χ0v) is 8.60. The van der Waals surface area contributed by atoms with Gasteiger partial charge in [0.2, 0.25) is 0 Å². The van der Waals surface area contributed by atoms with Crippen molar-refractivity contribution in [3.05, 3.63) is 34.9 Å². The molecule has 0 aromatic heterocycles. The first kappa shape index (κ1) is 10.7. The average molecular weight is 217 g/mol. The SMILES string of the molecule is N#Cc1cc(C(=O)O)cc(C2(O)CCC2)c1. The van der Waals surface area contributed by atoms with Gasteiger partial charge < -0.3 is 10.2 Å². The lowest BCUT2D eigenvalue weighted by molar-refractivity contribution is -0.0388. The molecule has 16 heavy (non-hydrogen) atoms. The summed E-state index contributed by atoms with van der Waals surface area (Å²) in [6.07, 6.45) is 2.18. The van der Waals surface area contributed by atoms with Gasteiger partial charge >= 0.3 is 5.97 Å². The molecule has 0 radical (unpaired) electrons. The molecule has 0 amide bonds. The van der Waals surface area contributed by atoms with Crippen LogP contribution in [-0.4, -0.2) is 16.2 Å². The Morgan fingerprint density at radius 3 is 2.50 bits per heavy atom. The van der Waals surface area contributed by atoms with Crippen LogP contribution in [0.25, 0.3) is 0 Å². The Bertz CT molecular complexity index is 484. The Hall–Kier alpha value is -1.86. The van der Waals surface area contributed by atoms with Crippen molar-refractivity contribution in [3.63, 3.8) is 0 Å². The number of aliphatic hydroxyl groups is 1. The van der Waals surface area contributed by atoms with Gasteiger partial charge in [0.05, 0.1) is 22.8 Å². The van der Waals surface area contributed by atoms with E-state index >= 15 is 0 Å². The number of rotatable bonds is 2. The quantitative estimate of drug-likeness (QED) is 0.788. The molecule has 0 unspecified atom stereocenters. The summed E-state index contributed by atoms with van der Waals surface area (Å²) < 4.78 is 0. The molecule has 1 aromatic carbocycles. The summed E-state index contributed by atoms with van der Waals surface area (Å²) in [4.78, 5) is 10.9. The van der Waals surface area contributed by atoms with Gasteiger partial charge in [0.15, 0.2) is 0 Å². The van der Waals surface area contributed by atoms with Crippen LogP contribution in [-0.2, 0) is 5.60 Å². The lowest BCUT2D eigenvalue weighted by atomic mass is 9.74. The minimum atomic E-state index is -1.08. The van der Waals surface area contributed by atoms with E-state index in [0.29, 0.717) is 18.4 Å². The second kappa shape index (κ2) is 3.62. The molecule has 1 aromatic rings. The summed E-state index contributed by atoms with van der Waals surface area (Å²) in [5.74, 6) is -1.08. The van der Waals surface area contributed by atoms with Gasteiger partial charge in [-0.15, -0.1) is 0 Å². The molecule has 1 saturated carbocycles. The fraction of sp³-hybridized carbons (Fsp3) is 0.333. The van der Waals surface area contributed by atoms with Gasteiger partial charge in [-0.2, -0.15) is 5.26 Å². The highest BCUT2D eigenvalue weighted by Crippen LogP contribution is 2.41. The second-order valence-corrected chi connectivity index (χ2v) is 4.10. The molecule has 1 aliphatic carbocycles. The highest BCUT2D eigenvalue weighted by atomic mass is 16.4. The van der Waals surface area contributed by atoms with Crippen LogP contribution in [0.4, 0.5) is 0 Å². The monoisotopic (exact) mass is 217 g/mol. The number of nitriles is 1. The fourth-order valence-electron chi connectivity index (χ4n) is 1.88. The fourth-order valence-corrected chi connectivity index (χ4v) is 1.88. The van der Waals surface area contributed by atoms with Gasteiger partial charge in [0.25, 0.3) is 0 Å². The molecule has 1 fully saturated rings. The first-order chi connectivity index (χ1) is 7.55. The zero-order valence-electron chi connectivity index (χ0n) is 8.60. The Morgan fingerprint density at radius 1 is 1.38 bits per heavy atom. The molecule has 0 heterocycles. The third-order valence-electron chi connectivity index (χ3n) is 3.03. The van der Waals surface area contributed by atoms with E-state index < -0.39 is 11.6 Å². The van der Waals surface area contributed by atoms with Crippen LogP contribution in [0.1, 0.15) is 40.7 Å². The molecule has 0 saturated heterocycles. The van der Waals surface area contributed by atoms with Crippen molar-refractivity contribution >= 4 is 5.97 Å². The van der Waals surface area contributed by atoms with Crippen molar-refractivity contribution in [1.82, 2.24) is 0 Å². The number of aromatic carboxylic acids is 1. The molecule has 4 nitrogen and oxygen atoms in total. The summed E-state index contributed by atoms with van der Waals surface area (Å²) in [5.41, 5.74) is -0.0725. The maximum absolute atomic E-state index is 10.9. The van der Waals surface area contributed by atoms with Gasteiger partial charge in [-0.3, -0.25) is 0 Å². The van der Waals surface area contributed by atoms with Gasteiger partial charge in [-0.25, -0.2) is 4.79 Å². The normalized spacial score (nSPS) is 17.2. The molecular weight excluding hydrogens is 206 g/mol. The third kappa shape index (κ3) is 1.66. The van der Waals surface area contributed by atoms with E-state index in [0.717, 1.165) is 6.42 Å². The van der Waals surface area contributed by atoms with E-state index in [1.54, 1.807) is 6.07 Å². The van der Waals surface area contributed by atoms with Crippen molar-refractivity contribution in [2.24, 2.45) is 0 Å². The van der Waals surface area contributed by atoms with Crippen molar-refractivity contribution in [3.8, 4) is 6.07 Å². The molecule has 0 aliphatic heterocycles. The highest BCUT2D eigenvalue weighted by Gasteiger charge is 2.36. The maximum atomic E-state index is 10.9. The van der Waals surface area contributed by atoms with Crippen LogP contribution < -0.4 is 0 Å². The Labute approximate surface area is 92.8 Å². The molecule has 2 N–H and O–H groups in total. The van der Waals surface area contributed by atoms with Crippen LogP contribution in [0.5, 0.6) is 0 Å². The molecule has 0 spiro atoms. The lowest BCUT2D eigenvalue weighted by Gasteiger charge is -2.37. The molecular formula is C12H11NO3. The molecule has 4 heteroatoms. The largest absolute Gasteiger partial charge is 0.478 e. The van der Waals surface area contributed by atoms with Gasteiger partial charge in [0, 0.05) is 0 Å². The number of nitrogens with zero attached hydrogens (tertiary/aromatic N) is 1. The molecule has 0 atom stereocenters. The van der Waals surface area contributed by atoms with Crippen molar-refractivity contribution < 1.29 is 15.0 Å². The highest BCUT2D eigenvalue weighted by molar-refractivity contribution is 5.88. The van der Waals surface area contributed by atoms with Crippen molar-refractivity contribution in [1.29, 1.82) is 5.26 Å². The van der Waals surface area contributed by atoms with Gasteiger partial charge in [-0.1, -0.05) is 0 Å². The zero-order chi connectivity index (χ0) is 11.8. The second-order valence-electron chi connectivity index (χ2n) is 4.10. The van der Waals surface area contributed by atoms with Gasteiger partial charge in [0.1, 0.15) is 0 Å². The minimum absolute atomic E-state index is 0.0503. The van der Waals surface area contributed by atoms with E-state index in [2.05, 4.69) is 0 Å². The summed E-state index contributed by atoms with van der Waals surface area (Å²) in [6, 6.07) is 6.23. The Balaban J connectivity index is 2.50. The number of carboxylic acids is 1. The molecule has 1 aliphatic rings. The van der Waals surface area contributed by atoms with E-state index in [9.17, 15) is 9.90 Å². The van der Waals surface area contributed by atoms with Crippen LogP contribution >= 0.6 is 0 Å². The number of carboxylic acid groups (broad SMARTS) is 1. The Kier molecular flexibility index (Phi) is 2.41. The van der Waals surface area contributed by atoms with E-state index in [4.69, 9.17) is 10.4 Å². The first-order valence-electron chi connectivity index (χ1n) is 5.06. The summed E-state index contributed by atoms with van der Waals surface area (Å²) in [5, 5.41) is 27.8. The van der Waals surface area contributed by atoms with Crippen LogP contribution in [0.15, 0.2) is 18.2 Å². The standard InChI is InChI=1S/C12H11NO3/c13-7-8-4-9(11(14)15)6-10(5-8)12(16)2-1-3-12/h4-6,16H,1-3H2,(H,14,15). The topological polar surface area (TPSA) is 81.3 Å². The van der Waals surface area contributed by atoms with Crippen molar-refractivity contribution in [2.75, 3.05) is 0 Å². The lowest BCUT2D eigenvalue weighted by Crippen LogP contribution is -2.33. The van der Waals surface area contributed by atoms with E-state index in [1.807, 2.05) is 6.07 Å². The number of benzene rings is 1. The number of carbonyl (C=O) groups is 1. The minimum Gasteiger partial charge on any atom is -0.478 e. The number of hydrogen-bond donors (Lipinski definition) is 2. The van der Waals surface area contributed by atoms with Crippen LogP contribution in [0, 0.1) is 11.3 Å². The third-order valence-corrected chi connectivity index (χ3v) is 3.03. The first-order valence-corrected chi connectivity index (χ1v) is 5.06. The van der Waals surface area contributed by atoms with Crippen LogP contribution in [0.2, 0.25) is 0 Å². The van der Waals surface area contributed by atoms with Crippen molar-refractivity contribution in [2.45, 2.75) is 24.9 Å². The maximum Gasteiger partial charge on any atom is 0.335 e. The average Bonchev–Trinajstić information content (AvgIpc) is 2.25.